The lowest BCUT2D eigenvalue weighted by Gasteiger charge is -2.34. The maximum absolute atomic E-state index is 13.0. The third-order valence-electron chi connectivity index (χ3n) is 5.15. The lowest BCUT2D eigenvalue weighted by Crippen LogP contribution is -2.55. The lowest BCUT2D eigenvalue weighted by molar-refractivity contribution is -0.150. The third-order valence-corrected chi connectivity index (χ3v) is 5.15. The SMILES string of the molecule is CNC(=O)c1cc(N2CCO[C@H]([C@@H](O)C(=O)Nc3ccc(C(=N)N)cc3)C2=O)ccc1C. The van der Waals surface area contributed by atoms with Gasteiger partial charge in [-0.2, -0.15) is 0 Å². The van der Waals surface area contributed by atoms with Gasteiger partial charge in [0.2, 0.25) is 0 Å². The molecule has 168 valence electrons. The number of anilines is 2. The number of hydrogen-bond donors (Lipinski definition) is 5. The molecule has 10 heteroatoms. The molecule has 0 aliphatic carbocycles. The number of nitrogens with one attached hydrogen (secondary N) is 3. The second kappa shape index (κ2) is 9.58. The molecule has 1 saturated heterocycles. The van der Waals surface area contributed by atoms with Crippen molar-refractivity contribution in [3.8, 4) is 0 Å². The number of aliphatic hydroxyl groups is 1. The highest BCUT2D eigenvalue weighted by Gasteiger charge is 2.39. The molecule has 1 aliphatic rings. The van der Waals surface area contributed by atoms with Gasteiger partial charge in [0, 0.05) is 36.1 Å². The van der Waals surface area contributed by atoms with Crippen LogP contribution in [0.1, 0.15) is 21.5 Å². The highest BCUT2D eigenvalue weighted by molar-refractivity contribution is 6.05. The van der Waals surface area contributed by atoms with Gasteiger partial charge in [-0.05, 0) is 48.9 Å². The molecule has 2 aromatic carbocycles. The number of rotatable bonds is 6. The van der Waals surface area contributed by atoms with Gasteiger partial charge in [-0.3, -0.25) is 19.8 Å². The summed E-state index contributed by atoms with van der Waals surface area (Å²) >= 11 is 0. The first kappa shape index (κ1) is 22.9. The van der Waals surface area contributed by atoms with Crippen LogP contribution in [0.2, 0.25) is 0 Å². The van der Waals surface area contributed by atoms with Crippen LogP contribution >= 0.6 is 0 Å². The van der Waals surface area contributed by atoms with Crippen molar-refractivity contribution in [2.75, 3.05) is 30.4 Å². The summed E-state index contributed by atoms with van der Waals surface area (Å²) in [5.74, 6) is -1.79. The van der Waals surface area contributed by atoms with Gasteiger partial charge in [0.25, 0.3) is 17.7 Å². The predicted octanol–water partition coefficient (Wildman–Crippen LogP) is 0.370. The summed E-state index contributed by atoms with van der Waals surface area (Å²) in [4.78, 5) is 39.0. The van der Waals surface area contributed by atoms with Crippen molar-refractivity contribution in [2.45, 2.75) is 19.1 Å². The number of nitrogen functional groups attached to an aromatic ring is 1. The molecule has 0 radical (unpaired) electrons. The van der Waals surface area contributed by atoms with Gasteiger partial charge in [-0.1, -0.05) is 6.07 Å². The van der Waals surface area contributed by atoms with Crippen LogP contribution in [-0.4, -0.2) is 61.1 Å². The molecular formula is C22H25N5O5. The van der Waals surface area contributed by atoms with E-state index in [4.69, 9.17) is 15.9 Å². The lowest BCUT2D eigenvalue weighted by atomic mass is 10.0. The Morgan fingerprint density at radius 2 is 1.94 bits per heavy atom. The van der Waals surface area contributed by atoms with Crippen molar-refractivity contribution < 1.29 is 24.2 Å². The molecule has 0 saturated carbocycles. The molecule has 32 heavy (non-hydrogen) atoms. The van der Waals surface area contributed by atoms with Gasteiger partial charge in [0.05, 0.1) is 6.61 Å². The maximum Gasteiger partial charge on any atom is 0.259 e. The zero-order valence-electron chi connectivity index (χ0n) is 17.7. The molecule has 0 bridgehead atoms. The van der Waals surface area contributed by atoms with E-state index in [2.05, 4.69) is 10.6 Å². The Balaban J connectivity index is 1.74. The van der Waals surface area contributed by atoms with Crippen LogP contribution < -0.4 is 21.3 Å². The number of aliphatic hydroxyl groups excluding tert-OH is 1. The highest BCUT2D eigenvalue weighted by Crippen LogP contribution is 2.24. The largest absolute Gasteiger partial charge is 0.384 e. The molecule has 3 amide bonds. The number of aryl methyl sites for hydroxylation is 1. The molecule has 2 atom stereocenters. The summed E-state index contributed by atoms with van der Waals surface area (Å²) in [6, 6.07) is 11.2. The highest BCUT2D eigenvalue weighted by atomic mass is 16.5. The smallest absolute Gasteiger partial charge is 0.259 e. The van der Waals surface area contributed by atoms with Crippen LogP contribution in [0.4, 0.5) is 11.4 Å². The van der Waals surface area contributed by atoms with Crippen LogP contribution in [0.5, 0.6) is 0 Å². The summed E-state index contributed by atoms with van der Waals surface area (Å²) in [7, 11) is 1.52. The molecule has 3 rings (SSSR count). The van der Waals surface area contributed by atoms with Gasteiger partial charge in [0.15, 0.2) is 12.2 Å². The molecule has 2 aromatic rings. The Kier molecular flexibility index (Phi) is 6.86. The molecular weight excluding hydrogens is 414 g/mol. The minimum atomic E-state index is -1.75. The fraction of sp³-hybridized carbons (Fsp3) is 0.273. The van der Waals surface area contributed by atoms with Crippen molar-refractivity contribution >= 4 is 34.9 Å². The van der Waals surface area contributed by atoms with Crippen molar-refractivity contribution in [3.63, 3.8) is 0 Å². The Bertz CT molecular complexity index is 1050. The van der Waals surface area contributed by atoms with Gasteiger partial charge in [-0.25, -0.2) is 0 Å². The van der Waals surface area contributed by atoms with E-state index < -0.39 is 24.0 Å². The van der Waals surface area contributed by atoms with Gasteiger partial charge in [0.1, 0.15) is 5.84 Å². The summed E-state index contributed by atoms with van der Waals surface area (Å²) in [6.07, 6.45) is -3.15. The molecule has 1 aliphatic heterocycles. The van der Waals surface area contributed by atoms with Crippen molar-refractivity contribution in [1.29, 1.82) is 5.41 Å². The van der Waals surface area contributed by atoms with Gasteiger partial charge < -0.3 is 31.1 Å². The molecule has 10 nitrogen and oxygen atoms in total. The summed E-state index contributed by atoms with van der Waals surface area (Å²) in [5.41, 5.74) is 7.90. The number of benzene rings is 2. The van der Waals surface area contributed by atoms with Crippen LogP contribution in [0, 0.1) is 12.3 Å². The summed E-state index contributed by atoms with van der Waals surface area (Å²) in [5, 5.41) is 23.0. The minimum Gasteiger partial charge on any atom is -0.384 e. The first-order valence-corrected chi connectivity index (χ1v) is 9.92. The number of ether oxygens (including phenoxy) is 1. The van der Waals surface area contributed by atoms with Crippen LogP contribution in [0.15, 0.2) is 42.5 Å². The van der Waals surface area contributed by atoms with Crippen LogP contribution in [0.3, 0.4) is 0 Å². The number of morpholine rings is 1. The van der Waals surface area contributed by atoms with E-state index in [1.807, 2.05) is 0 Å². The number of carbonyl (C=O) groups is 3. The molecule has 1 heterocycles. The van der Waals surface area contributed by atoms with E-state index in [9.17, 15) is 19.5 Å². The Morgan fingerprint density at radius 1 is 1.25 bits per heavy atom. The molecule has 0 spiro atoms. The zero-order chi connectivity index (χ0) is 23.4. The van der Waals surface area contributed by atoms with E-state index in [1.165, 1.54) is 24.1 Å². The standard InChI is InChI=1S/C22H25N5O5/c1-12-3-8-15(11-16(12)20(29)25-2)27-9-10-32-18(22(27)31)17(28)21(30)26-14-6-4-13(5-7-14)19(23)24/h3-8,11,17-18,28H,9-10H2,1-2H3,(H3,23,24)(H,25,29)(H,26,30)/t17-,18-/m1/s1. The average Bonchev–Trinajstić information content (AvgIpc) is 2.79. The number of carbonyl (C=O) groups excluding carboxylic acids is 3. The van der Waals surface area contributed by atoms with Crippen LogP contribution in [0.25, 0.3) is 0 Å². The monoisotopic (exact) mass is 439 g/mol. The molecule has 0 aromatic heterocycles. The van der Waals surface area contributed by atoms with E-state index in [1.54, 1.807) is 37.3 Å². The second-order valence-corrected chi connectivity index (χ2v) is 7.28. The van der Waals surface area contributed by atoms with Gasteiger partial charge in [-0.15, -0.1) is 0 Å². The zero-order valence-corrected chi connectivity index (χ0v) is 17.7. The molecule has 1 fully saturated rings. The topological polar surface area (TPSA) is 158 Å². The summed E-state index contributed by atoms with van der Waals surface area (Å²) in [6.45, 7) is 2.11. The minimum absolute atomic E-state index is 0.108. The Hall–Kier alpha value is -3.76. The quantitative estimate of drug-likeness (QED) is 0.323. The number of nitrogens with two attached hydrogens (primary N) is 1. The maximum atomic E-state index is 13.0. The molecule has 0 unspecified atom stereocenters. The van der Waals surface area contributed by atoms with E-state index in [0.29, 0.717) is 22.5 Å². The fourth-order valence-electron chi connectivity index (χ4n) is 3.33. The predicted molar refractivity (Wildman–Crippen MR) is 119 cm³/mol. The van der Waals surface area contributed by atoms with Gasteiger partial charge >= 0.3 is 0 Å². The second-order valence-electron chi connectivity index (χ2n) is 7.28. The normalized spacial score (nSPS) is 16.9. The van der Waals surface area contributed by atoms with Crippen molar-refractivity contribution in [2.24, 2.45) is 5.73 Å². The van der Waals surface area contributed by atoms with E-state index >= 15 is 0 Å². The van der Waals surface area contributed by atoms with E-state index in [0.717, 1.165) is 5.56 Å². The Labute approximate surface area is 184 Å². The molecule has 6 N–H and O–H groups in total. The fourth-order valence-corrected chi connectivity index (χ4v) is 3.33. The third kappa shape index (κ3) is 4.76. The van der Waals surface area contributed by atoms with Crippen LogP contribution in [-0.2, 0) is 14.3 Å². The number of amidine groups is 1. The first-order chi connectivity index (χ1) is 15.2. The number of nitrogens with zero attached hydrogens (tertiary/aromatic N) is 1. The van der Waals surface area contributed by atoms with E-state index in [-0.39, 0.29) is 24.9 Å². The van der Waals surface area contributed by atoms with Crippen molar-refractivity contribution in [1.82, 2.24) is 5.32 Å². The number of hydrogen-bond acceptors (Lipinski definition) is 6. The number of amides is 3. The first-order valence-electron chi connectivity index (χ1n) is 9.92. The van der Waals surface area contributed by atoms with Crippen molar-refractivity contribution in [3.05, 3.63) is 59.2 Å². The Morgan fingerprint density at radius 3 is 2.56 bits per heavy atom. The summed E-state index contributed by atoms with van der Waals surface area (Å²) < 4.78 is 5.41. The average molecular weight is 439 g/mol.